The summed E-state index contributed by atoms with van der Waals surface area (Å²) in [4.78, 5) is 12.5. The number of likely N-dealkylation sites (tertiary alicyclic amines) is 2. The van der Waals surface area contributed by atoms with Gasteiger partial charge >= 0.3 is 0 Å². The van der Waals surface area contributed by atoms with Crippen molar-refractivity contribution in [1.29, 1.82) is 0 Å². The Labute approximate surface area is 212 Å². The van der Waals surface area contributed by atoms with E-state index in [0.29, 0.717) is 24.3 Å². The first-order valence-corrected chi connectivity index (χ1v) is 14.6. The third kappa shape index (κ3) is 5.65. The summed E-state index contributed by atoms with van der Waals surface area (Å²) >= 11 is 0. The number of hydrogen-bond donors (Lipinski definition) is 0. The molecule has 0 N–H and O–H groups in total. The van der Waals surface area contributed by atoms with Gasteiger partial charge in [-0.25, -0.2) is 4.98 Å². The molecule has 5 aliphatic rings. The van der Waals surface area contributed by atoms with Crippen molar-refractivity contribution in [3.8, 4) is 5.88 Å². The van der Waals surface area contributed by atoms with Crippen molar-refractivity contribution >= 4 is 5.69 Å². The summed E-state index contributed by atoms with van der Waals surface area (Å²) in [5.41, 5.74) is 1.29. The van der Waals surface area contributed by atoms with Crippen LogP contribution in [0.5, 0.6) is 5.88 Å². The number of piperidine rings is 3. The second-order valence-corrected chi connectivity index (χ2v) is 12.4. The number of anilines is 1. The van der Waals surface area contributed by atoms with Crippen molar-refractivity contribution in [2.75, 3.05) is 44.7 Å². The summed E-state index contributed by atoms with van der Waals surface area (Å²) in [6, 6.07) is 5.74. The maximum atomic E-state index is 6.44. The summed E-state index contributed by atoms with van der Waals surface area (Å²) in [7, 11) is 2.25. The van der Waals surface area contributed by atoms with Crippen molar-refractivity contribution in [2.24, 2.45) is 11.8 Å². The Kier molecular flexibility index (Phi) is 7.23. The zero-order valence-electron chi connectivity index (χ0n) is 22.0. The third-order valence-electron chi connectivity index (χ3n) is 9.60. The molecule has 1 saturated carbocycles. The van der Waals surface area contributed by atoms with Gasteiger partial charge in [-0.2, -0.15) is 0 Å². The van der Waals surface area contributed by atoms with Gasteiger partial charge in [-0.15, -0.1) is 0 Å². The van der Waals surface area contributed by atoms with Gasteiger partial charge in [-0.05, 0) is 89.4 Å². The molecule has 2 bridgehead atoms. The Bertz CT molecular complexity index is 798. The highest BCUT2D eigenvalue weighted by Gasteiger charge is 2.39. The average molecular weight is 483 g/mol. The van der Waals surface area contributed by atoms with Gasteiger partial charge in [0.15, 0.2) is 0 Å². The predicted molar refractivity (Wildman–Crippen MR) is 140 cm³/mol. The Morgan fingerprint density at radius 1 is 0.829 bits per heavy atom. The standard InChI is InChI=1S/C29H46N4O2/c1-21-15-23-3-4-24(16-21)33(23)25-5-6-29(30-19-25)35-28-17-27(18-28)34-26-9-13-32(14-10-26)20-22-7-11-31(2)12-8-22/h5-6,19,21-24,26-28H,3-4,7-18,20H2,1-2H3. The minimum Gasteiger partial charge on any atom is -0.474 e. The van der Waals surface area contributed by atoms with Crippen LogP contribution >= 0.6 is 0 Å². The molecule has 4 aliphatic heterocycles. The van der Waals surface area contributed by atoms with Crippen LogP contribution in [0.1, 0.15) is 71.1 Å². The van der Waals surface area contributed by atoms with E-state index in [2.05, 4.69) is 45.8 Å². The molecule has 5 fully saturated rings. The SMILES string of the molecule is CC1CC2CCC(C1)N2c1ccc(OC2CC(OC3CCN(CC4CCN(C)CC4)CC3)C2)nc1. The van der Waals surface area contributed by atoms with Crippen molar-refractivity contribution in [1.82, 2.24) is 14.8 Å². The zero-order chi connectivity index (χ0) is 23.8. The van der Waals surface area contributed by atoms with Crippen molar-refractivity contribution in [2.45, 2.75) is 102 Å². The minimum absolute atomic E-state index is 0.259. The van der Waals surface area contributed by atoms with Crippen LogP contribution in [0.3, 0.4) is 0 Å². The maximum Gasteiger partial charge on any atom is 0.213 e. The quantitative estimate of drug-likeness (QED) is 0.567. The lowest BCUT2D eigenvalue weighted by atomic mass is 9.91. The Hall–Kier alpha value is -1.37. The Balaban J connectivity index is 0.892. The molecule has 0 amide bonds. The molecule has 4 saturated heterocycles. The van der Waals surface area contributed by atoms with Gasteiger partial charge in [0.2, 0.25) is 5.88 Å². The van der Waals surface area contributed by atoms with Gasteiger partial charge in [0, 0.05) is 50.6 Å². The lowest BCUT2D eigenvalue weighted by Gasteiger charge is -2.41. The van der Waals surface area contributed by atoms with Crippen LogP contribution in [0.4, 0.5) is 5.69 Å². The molecule has 6 heteroatoms. The van der Waals surface area contributed by atoms with Gasteiger partial charge < -0.3 is 24.2 Å². The molecule has 35 heavy (non-hydrogen) atoms. The largest absolute Gasteiger partial charge is 0.474 e. The van der Waals surface area contributed by atoms with Gasteiger partial charge in [-0.3, -0.25) is 0 Å². The summed E-state index contributed by atoms with van der Waals surface area (Å²) in [5, 5.41) is 0. The first-order chi connectivity index (χ1) is 17.1. The lowest BCUT2D eigenvalue weighted by Crippen LogP contribution is -2.46. The van der Waals surface area contributed by atoms with E-state index in [1.165, 1.54) is 89.8 Å². The fourth-order valence-corrected chi connectivity index (χ4v) is 7.47. The molecule has 6 nitrogen and oxygen atoms in total. The minimum atomic E-state index is 0.259. The van der Waals surface area contributed by atoms with Crippen molar-refractivity contribution in [3.63, 3.8) is 0 Å². The molecular weight excluding hydrogens is 436 g/mol. The molecule has 1 aromatic rings. The number of fused-ring (bicyclic) bond motifs is 2. The number of pyridine rings is 1. The number of aromatic nitrogens is 1. The molecule has 0 radical (unpaired) electrons. The fraction of sp³-hybridized carbons (Fsp3) is 0.828. The van der Waals surface area contributed by atoms with E-state index in [9.17, 15) is 0 Å². The van der Waals surface area contributed by atoms with Crippen molar-refractivity contribution in [3.05, 3.63) is 18.3 Å². The second kappa shape index (κ2) is 10.5. The van der Waals surface area contributed by atoms with Crippen LogP contribution < -0.4 is 9.64 Å². The first kappa shape index (κ1) is 24.0. The van der Waals surface area contributed by atoms with Gasteiger partial charge in [0.05, 0.1) is 24.1 Å². The van der Waals surface area contributed by atoms with Crippen LogP contribution in [0.2, 0.25) is 0 Å². The Morgan fingerprint density at radius 2 is 1.54 bits per heavy atom. The number of hydrogen-bond acceptors (Lipinski definition) is 6. The van der Waals surface area contributed by atoms with E-state index < -0.39 is 0 Å². The van der Waals surface area contributed by atoms with Crippen LogP contribution in [0.15, 0.2) is 18.3 Å². The van der Waals surface area contributed by atoms with E-state index in [4.69, 9.17) is 9.47 Å². The number of ether oxygens (including phenoxy) is 2. The van der Waals surface area contributed by atoms with Crippen LogP contribution in [-0.2, 0) is 4.74 Å². The van der Waals surface area contributed by atoms with Gasteiger partial charge in [0.1, 0.15) is 6.10 Å². The topological polar surface area (TPSA) is 41.1 Å². The molecule has 1 aliphatic carbocycles. The maximum absolute atomic E-state index is 6.44. The second-order valence-electron chi connectivity index (χ2n) is 12.4. The highest BCUT2D eigenvalue weighted by Crippen LogP contribution is 2.41. The van der Waals surface area contributed by atoms with E-state index in [0.717, 1.165) is 30.6 Å². The number of nitrogens with zero attached hydrogens (tertiary/aromatic N) is 4. The molecule has 194 valence electrons. The summed E-state index contributed by atoms with van der Waals surface area (Å²) in [6.07, 6.45) is 15.6. The summed E-state index contributed by atoms with van der Waals surface area (Å²) < 4.78 is 12.6. The molecule has 2 atom stereocenters. The molecule has 0 spiro atoms. The summed E-state index contributed by atoms with van der Waals surface area (Å²) in [6.45, 7) is 8.66. The van der Waals surface area contributed by atoms with Gasteiger partial charge in [-0.1, -0.05) is 6.92 Å². The van der Waals surface area contributed by atoms with Crippen molar-refractivity contribution < 1.29 is 9.47 Å². The van der Waals surface area contributed by atoms with E-state index in [1.807, 2.05) is 6.20 Å². The Morgan fingerprint density at radius 3 is 2.20 bits per heavy atom. The lowest BCUT2D eigenvalue weighted by molar-refractivity contribution is -0.111. The third-order valence-corrected chi connectivity index (χ3v) is 9.60. The highest BCUT2D eigenvalue weighted by atomic mass is 16.5. The normalized spacial score (nSPS) is 35.3. The first-order valence-electron chi connectivity index (χ1n) is 14.6. The molecule has 1 aromatic heterocycles. The van der Waals surface area contributed by atoms with E-state index in [1.54, 1.807) is 0 Å². The predicted octanol–water partition coefficient (Wildman–Crippen LogP) is 4.58. The summed E-state index contributed by atoms with van der Waals surface area (Å²) in [5.74, 6) is 2.54. The molecule has 0 aromatic carbocycles. The smallest absolute Gasteiger partial charge is 0.213 e. The average Bonchev–Trinajstić information content (AvgIpc) is 3.11. The van der Waals surface area contributed by atoms with E-state index >= 15 is 0 Å². The van der Waals surface area contributed by atoms with Gasteiger partial charge in [0.25, 0.3) is 0 Å². The van der Waals surface area contributed by atoms with Crippen LogP contribution in [0.25, 0.3) is 0 Å². The molecule has 6 rings (SSSR count). The zero-order valence-corrected chi connectivity index (χ0v) is 22.0. The monoisotopic (exact) mass is 482 g/mol. The molecule has 2 unspecified atom stereocenters. The van der Waals surface area contributed by atoms with Crippen LogP contribution in [0, 0.1) is 11.8 Å². The van der Waals surface area contributed by atoms with Crippen LogP contribution in [-0.4, -0.2) is 85.0 Å². The van der Waals surface area contributed by atoms with E-state index in [-0.39, 0.29) is 6.10 Å². The molecular formula is C29H46N4O2. The fourth-order valence-electron chi connectivity index (χ4n) is 7.47. The molecule has 5 heterocycles. The highest BCUT2D eigenvalue weighted by molar-refractivity contribution is 5.49. The number of rotatable bonds is 7.